The molecule has 1 N–H and O–H groups in total. The van der Waals surface area contributed by atoms with Crippen LogP contribution in [0.5, 0.6) is 5.75 Å². The van der Waals surface area contributed by atoms with Gasteiger partial charge in [-0.1, -0.05) is 6.07 Å². The van der Waals surface area contributed by atoms with Gasteiger partial charge >= 0.3 is 0 Å². The molecular weight excluding hydrogens is 266 g/mol. The van der Waals surface area contributed by atoms with Crippen LogP contribution in [-0.4, -0.2) is 40.1 Å². The van der Waals surface area contributed by atoms with E-state index in [1.807, 2.05) is 0 Å². The third kappa shape index (κ3) is 6.46. The number of rotatable bonds is 11. The van der Waals surface area contributed by atoms with E-state index in [-0.39, 0.29) is 0 Å². The molecule has 1 aliphatic rings. The third-order valence-corrected chi connectivity index (χ3v) is 3.57. The fraction of sp³-hybridized carbons (Fsp3) is 0.647. The van der Waals surface area contributed by atoms with Gasteiger partial charge in [0.15, 0.2) is 0 Å². The predicted molar refractivity (Wildman–Crippen MR) is 83.9 cm³/mol. The van der Waals surface area contributed by atoms with Crippen molar-refractivity contribution in [2.45, 2.75) is 38.3 Å². The summed E-state index contributed by atoms with van der Waals surface area (Å²) in [4.78, 5) is 0. The van der Waals surface area contributed by atoms with Crippen LogP contribution in [-0.2, 0) is 22.4 Å². The zero-order chi connectivity index (χ0) is 14.9. The normalized spacial score (nSPS) is 14.4. The Hall–Kier alpha value is -1.10. The van der Waals surface area contributed by atoms with Gasteiger partial charge in [-0.15, -0.1) is 0 Å². The lowest BCUT2D eigenvalue weighted by Crippen LogP contribution is -2.15. The minimum Gasteiger partial charge on any atom is -0.491 e. The van der Waals surface area contributed by atoms with Crippen molar-refractivity contribution < 1.29 is 14.2 Å². The topological polar surface area (TPSA) is 39.7 Å². The molecule has 0 saturated heterocycles. The molecule has 4 heteroatoms. The average molecular weight is 293 g/mol. The zero-order valence-corrected chi connectivity index (χ0v) is 13.2. The van der Waals surface area contributed by atoms with Crippen LogP contribution in [0, 0.1) is 0 Å². The minimum absolute atomic E-state index is 0.591. The van der Waals surface area contributed by atoms with Crippen molar-refractivity contribution in [3.8, 4) is 5.75 Å². The van der Waals surface area contributed by atoms with Gasteiger partial charge in [-0.2, -0.15) is 0 Å². The Balaban J connectivity index is 1.94. The monoisotopic (exact) mass is 293 g/mol. The maximum absolute atomic E-state index is 5.77. The second kappa shape index (κ2) is 9.03. The summed E-state index contributed by atoms with van der Waals surface area (Å²) in [6.45, 7) is 2.92. The van der Waals surface area contributed by atoms with Gasteiger partial charge in [-0.25, -0.2) is 0 Å². The standard InChI is InChI=1S/C17H27NO3/c1-19-7-3-4-14-10-15(13-18-16-5-6-16)12-17(11-14)21-9-8-20-2/h10-12,16,18H,3-9,13H2,1-2H3. The van der Waals surface area contributed by atoms with Gasteiger partial charge in [-0.3, -0.25) is 0 Å². The Morgan fingerprint density at radius 3 is 2.48 bits per heavy atom. The molecule has 1 fully saturated rings. The maximum Gasteiger partial charge on any atom is 0.120 e. The summed E-state index contributed by atoms with van der Waals surface area (Å²) in [5, 5.41) is 3.56. The van der Waals surface area contributed by atoms with Crippen molar-refractivity contribution in [3.63, 3.8) is 0 Å². The summed E-state index contributed by atoms with van der Waals surface area (Å²) < 4.78 is 15.9. The number of ether oxygens (including phenoxy) is 3. The van der Waals surface area contributed by atoms with Crippen molar-refractivity contribution >= 4 is 0 Å². The summed E-state index contributed by atoms with van der Waals surface area (Å²) in [6, 6.07) is 7.25. The first-order chi connectivity index (χ1) is 10.3. The Kier molecular flexibility index (Phi) is 7.00. The highest BCUT2D eigenvalue weighted by Gasteiger charge is 2.20. The molecule has 1 aromatic carbocycles. The van der Waals surface area contributed by atoms with Crippen LogP contribution in [0.1, 0.15) is 30.4 Å². The van der Waals surface area contributed by atoms with Crippen LogP contribution in [0.2, 0.25) is 0 Å². The van der Waals surface area contributed by atoms with Gasteiger partial charge < -0.3 is 19.5 Å². The highest BCUT2D eigenvalue weighted by Crippen LogP contribution is 2.22. The smallest absolute Gasteiger partial charge is 0.120 e. The Labute approximate surface area is 127 Å². The fourth-order valence-corrected chi connectivity index (χ4v) is 2.27. The van der Waals surface area contributed by atoms with E-state index < -0.39 is 0 Å². The molecule has 1 aromatic rings. The Morgan fingerprint density at radius 1 is 1.00 bits per heavy atom. The second-order valence-corrected chi connectivity index (χ2v) is 5.58. The first-order valence-electron chi connectivity index (χ1n) is 7.78. The number of aryl methyl sites for hydroxylation is 1. The van der Waals surface area contributed by atoms with Crippen LogP contribution in [0.15, 0.2) is 18.2 Å². The molecule has 0 bridgehead atoms. The van der Waals surface area contributed by atoms with E-state index in [0.717, 1.165) is 37.8 Å². The Bertz CT molecular complexity index is 390. The summed E-state index contributed by atoms with van der Waals surface area (Å²) in [6.07, 6.45) is 4.68. The maximum atomic E-state index is 5.77. The molecule has 1 saturated carbocycles. The molecule has 0 unspecified atom stereocenters. The molecule has 0 spiro atoms. The van der Waals surface area contributed by atoms with E-state index in [1.54, 1.807) is 14.2 Å². The van der Waals surface area contributed by atoms with Crippen LogP contribution >= 0.6 is 0 Å². The molecule has 4 nitrogen and oxygen atoms in total. The number of methoxy groups -OCH3 is 2. The van der Waals surface area contributed by atoms with Crippen molar-refractivity contribution in [3.05, 3.63) is 29.3 Å². The average Bonchev–Trinajstić information content (AvgIpc) is 3.30. The van der Waals surface area contributed by atoms with Gasteiger partial charge in [0.2, 0.25) is 0 Å². The van der Waals surface area contributed by atoms with E-state index >= 15 is 0 Å². The summed E-state index contributed by atoms with van der Waals surface area (Å²) in [5.74, 6) is 0.939. The highest BCUT2D eigenvalue weighted by atomic mass is 16.5. The first kappa shape index (κ1) is 16.3. The molecule has 0 amide bonds. The van der Waals surface area contributed by atoms with Gasteiger partial charge in [0, 0.05) is 33.4 Å². The lowest BCUT2D eigenvalue weighted by Gasteiger charge is -2.12. The largest absolute Gasteiger partial charge is 0.491 e. The van der Waals surface area contributed by atoms with Gasteiger partial charge in [0.05, 0.1) is 6.61 Å². The molecule has 0 heterocycles. The van der Waals surface area contributed by atoms with E-state index in [9.17, 15) is 0 Å². The molecule has 0 aliphatic heterocycles. The quantitative estimate of drug-likeness (QED) is 0.637. The zero-order valence-electron chi connectivity index (χ0n) is 13.2. The van der Waals surface area contributed by atoms with Crippen molar-refractivity contribution in [1.29, 1.82) is 0 Å². The van der Waals surface area contributed by atoms with Crippen molar-refractivity contribution in [2.24, 2.45) is 0 Å². The van der Waals surface area contributed by atoms with Crippen LogP contribution in [0.4, 0.5) is 0 Å². The lowest BCUT2D eigenvalue weighted by molar-refractivity contribution is 0.146. The van der Waals surface area contributed by atoms with Gasteiger partial charge in [0.25, 0.3) is 0 Å². The van der Waals surface area contributed by atoms with E-state index in [2.05, 4.69) is 23.5 Å². The molecule has 0 radical (unpaired) electrons. The van der Waals surface area contributed by atoms with Gasteiger partial charge in [-0.05, 0) is 48.9 Å². The SMILES string of the molecule is COCCCc1cc(CNC2CC2)cc(OCCOC)c1. The molecule has 118 valence electrons. The number of hydrogen-bond acceptors (Lipinski definition) is 4. The minimum atomic E-state index is 0.591. The summed E-state index contributed by atoms with van der Waals surface area (Å²) >= 11 is 0. The number of benzene rings is 1. The van der Waals surface area contributed by atoms with E-state index in [0.29, 0.717) is 13.2 Å². The van der Waals surface area contributed by atoms with Crippen molar-refractivity contribution in [2.75, 3.05) is 34.0 Å². The molecule has 0 atom stereocenters. The Morgan fingerprint density at radius 2 is 1.76 bits per heavy atom. The highest BCUT2D eigenvalue weighted by molar-refractivity contribution is 5.34. The molecule has 0 aromatic heterocycles. The first-order valence-corrected chi connectivity index (χ1v) is 7.78. The lowest BCUT2D eigenvalue weighted by atomic mass is 10.1. The van der Waals surface area contributed by atoms with Crippen LogP contribution in [0.3, 0.4) is 0 Å². The van der Waals surface area contributed by atoms with Gasteiger partial charge in [0.1, 0.15) is 12.4 Å². The van der Waals surface area contributed by atoms with Crippen LogP contribution < -0.4 is 10.1 Å². The second-order valence-electron chi connectivity index (χ2n) is 5.58. The molecule has 21 heavy (non-hydrogen) atoms. The molecular formula is C17H27NO3. The fourth-order valence-electron chi connectivity index (χ4n) is 2.27. The van der Waals surface area contributed by atoms with E-state index in [4.69, 9.17) is 14.2 Å². The molecule has 1 aliphatic carbocycles. The van der Waals surface area contributed by atoms with E-state index in [1.165, 1.54) is 24.0 Å². The predicted octanol–water partition coefficient (Wildman–Crippen LogP) is 2.54. The van der Waals surface area contributed by atoms with Crippen LogP contribution in [0.25, 0.3) is 0 Å². The van der Waals surface area contributed by atoms with Crippen molar-refractivity contribution in [1.82, 2.24) is 5.32 Å². The molecule has 2 rings (SSSR count). The number of hydrogen-bond donors (Lipinski definition) is 1. The third-order valence-electron chi connectivity index (χ3n) is 3.57. The summed E-state index contributed by atoms with van der Waals surface area (Å²) in [5.41, 5.74) is 2.61. The number of nitrogens with one attached hydrogen (secondary N) is 1. The summed E-state index contributed by atoms with van der Waals surface area (Å²) in [7, 11) is 3.44.